The zero-order valence-corrected chi connectivity index (χ0v) is 32.2. The molecular formula is C46H54N4O. The highest BCUT2D eigenvalue weighted by atomic mass is 16.5. The van der Waals surface area contributed by atoms with Crippen molar-refractivity contribution in [1.82, 2.24) is 19.3 Å². The van der Waals surface area contributed by atoms with Crippen molar-refractivity contribution >= 4 is 21.8 Å². The number of aromatic nitrogens is 4. The van der Waals surface area contributed by atoms with E-state index in [0.29, 0.717) is 23.7 Å². The molecule has 6 aromatic rings. The number of rotatable bonds is 8. The lowest BCUT2D eigenvalue weighted by molar-refractivity contribution is 0.389. The Morgan fingerprint density at radius 1 is 0.882 bits per heavy atom. The Balaban J connectivity index is 1.36. The molecule has 0 radical (unpaired) electrons. The van der Waals surface area contributed by atoms with Gasteiger partial charge in [0.15, 0.2) is 0 Å². The quantitative estimate of drug-likeness (QED) is 0.151. The predicted octanol–water partition coefficient (Wildman–Crippen LogP) is 12.5. The highest BCUT2D eigenvalue weighted by Crippen LogP contribution is 2.45. The summed E-state index contributed by atoms with van der Waals surface area (Å²) in [5.41, 5.74) is 11.0. The second-order valence-electron chi connectivity index (χ2n) is 16.4. The molecule has 7 rings (SSSR count). The fourth-order valence-electron chi connectivity index (χ4n) is 8.62. The van der Waals surface area contributed by atoms with Gasteiger partial charge < -0.3 is 4.74 Å². The zero-order chi connectivity index (χ0) is 36.2. The smallest absolute Gasteiger partial charge is 0.137 e. The first kappa shape index (κ1) is 34.8. The normalized spacial score (nSPS) is 18.2. The van der Waals surface area contributed by atoms with Crippen LogP contribution < -0.4 is 4.74 Å². The van der Waals surface area contributed by atoms with Gasteiger partial charge in [0.1, 0.15) is 17.3 Å². The Morgan fingerprint density at radius 3 is 2.37 bits per heavy atom. The van der Waals surface area contributed by atoms with E-state index in [2.05, 4.69) is 157 Å². The molecule has 3 aromatic carbocycles. The summed E-state index contributed by atoms with van der Waals surface area (Å²) >= 11 is 0. The van der Waals surface area contributed by atoms with E-state index in [9.17, 15) is 0 Å². The third-order valence-electron chi connectivity index (χ3n) is 10.8. The molecule has 3 aromatic heterocycles. The van der Waals surface area contributed by atoms with E-state index in [1.807, 2.05) is 6.20 Å². The molecule has 5 nitrogen and oxygen atoms in total. The maximum Gasteiger partial charge on any atom is 0.137 e. The molecular weight excluding hydrogens is 625 g/mol. The number of aryl methyl sites for hydroxylation is 2. The van der Waals surface area contributed by atoms with Gasteiger partial charge in [0.05, 0.1) is 28.1 Å². The van der Waals surface area contributed by atoms with Crippen LogP contribution in [0.5, 0.6) is 11.5 Å². The first-order valence-corrected chi connectivity index (χ1v) is 18.9. The van der Waals surface area contributed by atoms with Gasteiger partial charge in [-0.1, -0.05) is 91.7 Å². The van der Waals surface area contributed by atoms with Crippen LogP contribution in [0.3, 0.4) is 0 Å². The molecule has 0 saturated carbocycles. The fourth-order valence-corrected chi connectivity index (χ4v) is 8.62. The average Bonchev–Trinajstić information content (AvgIpc) is 3.58. The van der Waals surface area contributed by atoms with E-state index in [1.54, 1.807) is 0 Å². The first-order valence-electron chi connectivity index (χ1n) is 18.9. The Morgan fingerprint density at radius 2 is 1.65 bits per heavy atom. The van der Waals surface area contributed by atoms with Gasteiger partial charge in [-0.05, 0) is 103 Å². The van der Waals surface area contributed by atoms with Crippen molar-refractivity contribution < 1.29 is 4.74 Å². The number of hydrogen-bond donors (Lipinski definition) is 0. The van der Waals surface area contributed by atoms with Gasteiger partial charge in [-0.2, -0.15) is 5.10 Å². The SMILES string of the molecule is CCCc1ccnc(-n2c3ccccc3c3ccc(Oc4cc(-n5nc(C)c([C@H]6C(C)=C[C@H](C)C[C@@H]6C)c5C(C)C)cc(C(C)(C)C)c4)cc32)c1. The van der Waals surface area contributed by atoms with Crippen LogP contribution >= 0.6 is 0 Å². The molecule has 0 unspecified atom stereocenters. The first-order chi connectivity index (χ1) is 24.3. The monoisotopic (exact) mass is 678 g/mol. The van der Waals surface area contributed by atoms with Crippen molar-refractivity contribution in [2.45, 2.75) is 106 Å². The Kier molecular flexibility index (Phi) is 9.20. The molecule has 0 N–H and O–H groups in total. The van der Waals surface area contributed by atoms with Crippen LogP contribution in [0.25, 0.3) is 33.3 Å². The minimum absolute atomic E-state index is 0.0873. The number of fused-ring (bicyclic) bond motifs is 3. The largest absolute Gasteiger partial charge is 0.457 e. The maximum atomic E-state index is 6.85. The predicted molar refractivity (Wildman–Crippen MR) is 213 cm³/mol. The third-order valence-corrected chi connectivity index (χ3v) is 10.8. The molecule has 0 amide bonds. The molecule has 0 fully saturated rings. The number of para-hydroxylation sites is 1. The molecule has 0 bridgehead atoms. The van der Waals surface area contributed by atoms with Crippen LogP contribution in [0.4, 0.5) is 0 Å². The molecule has 51 heavy (non-hydrogen) atoms. The molecule has 0 aliphatic heterocycles. The summed E-state index contributed by atoms with van der Waals surface area (Å²) in [4.78, 5) is 4.85. The summed E-state index contributed by atoms with van der Waals surface area (Å²) < 4.78 is 11.3. The van der Waals surface area contributed by atoms with E-state index in [0.717, 1.165) is 52.6 Å². The van der Waals surface area contributed by atoms with Gasteiger partial charge in [0.25, 0.3) is 0 Å². The lowest BCUT2D eigenvalue weighted by atomic mass is 9.71. The summed E-state index contributed by atoms with van der Waals surface area (Å²) in [6.07, 6.45) is 7.73. The molecule has 3 heterocycles. The van der Waals surface area contributed by atoms with E-state index in [4.69, 9.17) is 14.8 Å². The Bertz CT molecular complexity index is 2260. The summed E-state index contributed by atoms with van der Waals surface area (Å²) in [5.74, 6) is 4.39. The van der Waals surface area contributed by atoms with Crippen molar-refractivity contribution in [2.75, 3.05) is 0 Å². The molecule has 3 atom stereocenters. The van der Waals surface area contributed by atoms with Gasteiger partial charge in [-0.15, -0.1) is 0 Å². The second-order valence-corrected chi connectivity index (χ2v) is 16.4. The highest BCUT2D eigenvalue weighted by molar-refractivity contribution is 6.09. The topological polar surface area (TPSA) is 44.9 Å². The molecule has 5 heteroatoms. The number of allylic oxidation sites excluding steroid dienone is 2. The van der Waals surface area contributed by atoms with Crippen LogP contribution in [0, 0.1) is 18.8 Å². The van der Waals surface area contributed by atoms with Gasteiger partial charge in [-0.3, -0.25) is 4.57 Å². The number of nitrogens with zero attached hydrogens (tertiary/aromatic N) is 4. The number of pyridine rings is 1. The van der Waals surface area contributed by atoms with Crippen molar-refractivity contribution in [3.63, 3.8) is 0 Å². The number of hydrogen-bond acceptors (Lipinski definition) is 3. The van der Waals surface area contributed by atoms with Crippen LogP contribution in [-0.4, -0.2) is 19.3 Å². The third kappa shape index (κ3) is 6.52. The Hall–Kier alpha value is -4.64. The molecule has 0 spiro atoms. The second kappa shape index (κ2) is 13.5. The number of ether oxygens (including phenoxy) is 1. The fraction of sp³-hybridized carbons (Fsp3) is 0.391. The van der Waals surface area contributed by atoms with E-state index >= 15 is 0 Å². The summed E-state index contributed by atoms with van der Waals surface area (Å²) in [6, 6.07) is 26.1. The van der Waals surface area contributed by atoms with Crippen LogP contribution in [0.1, 0.15) is 115 Å². The van der Waals surface area contributed by atoms with E-state index in [-0.39, 0.29) is 5.41 Å². The maximum absolute atomic E-state index is 6.85. The summed E-state index contributed by atoms with van der Waals surface area (Å²) in [7, 11) is 0. The molecule has 0 saturated heterocycles. The van der Waals surface area contributed by atoms with Gasteiger partial charge in [0.2, 0.25) is 0 Å². The van der Waals surface area contributed by atoms with Crippen molar-refractivity contribution in [1.29, 1.82) is 0 Å². The molecule has 264 valence electrons. The number of benzene rings is 3. The molecule has 1 aliphatic carbocycles. The van der Waals surface area contributed by atoms with Crippen LogP contribution in [-0.2, 0) is 11.8 Å². The Labute approximate surface area is 304 Å². The van der Waals surface area contributed by atoms with Crippen LogP contribution in [0.2, 0.25) is 0 Å². The van der Waals surface area contributed by atoms with E-state index in [1.165, 1.54) is 45.2 Å². The van der Waals surface area contributed by atoms with Crippen molar-refractivity contribution in [3.05, 3.63) is 119 Å². The van der Waals surface area contributed by atoms with Crippen molar-refractivity contribution in [2.24, 2.45) is 11.8 Å². The van der Waals surface area contributed by atoms with E-state index < -0.39 is 0 Å². The zero-order valence-electron chi connectivity index (χ0n) is 32.2. The lowest BCUT2D eigenvalue weighted by Gasteiger charge is -2.33. The van der Waals surface area contributed by atoms with Crippen LogP contribution in [0.15, 0.2) is 90.6 Å². The standard InChI is InChI=1S/C46H54N4O/c1-11-14-33-19-20-47-42(23-33)49-40-16-13-12-15-38(40)39-18-17-36(27-41(39)49)51-37-25-34(46(8,9)10)24-35(26-37)50-45(28(2)3)44(32(7)48-50)43-30(5)21-29(4)22-31(43)6/h12-13,15-21,23-29,31,43H,11,14,22H2,1-10H3/t29-,31-,43-/m0/s1. The lowest BCUT2D eigenvalue weighted by Crippen LogP contribution is -2.21. The minimum atomic E-state index is -0.0873. The summed E-state index contributed by atoms with van der Waals surface area (Å²) in [6.45, 7) is 22.9. The van der Waals surface area contributed by atoms with Gasteiger partial charge in [0, 0.05) is 40.6 Å². The van der Waals surface area contributed by atoms with Gasteiger partial charge in [-0.25, -0.2) is 9.67 Å². The highest BCUT2D eigenvalue weighted by Gasteiger charge is 2.33. The average molecular weight is 679 g/mol. The molecule has 1 aliphatic rings. The summed E-state index contributed by atoms with van der Waals surface area (Å²) in [5, 5.41) is 7.68. The van der Waals surface area contributed by atoms with Crippen molar-refractivity contribution in [3.8, 4) is 23.0 Å². The van der Waals surface area contributed by atoms with Gasteiger partial charge >= 0.3 is 0 Å². The minimum Gasteiger partial charge on any atom is -0.457 e.